The van der Waals surface area contributed by atoms with Gasteiger partial charge in [0, 0.05) is 6.54 Å². The zero-order valence-electron chi connectivity index (χ0n) is 11.4. The number of unbranched alkanes of at least 4 members (excludes halogenated alkanes) is 2. The molecule has 0 atom stereocenters. The number of carbonyl (C=O) groups is 2. The lowest BCUT2D eigenvalue weighted by Gasteiger charge is -2.19. The van der Waals surface area contributed by atoms with Gasteiger partial charge in [-0.05, 0) is 40.0 Å². The molecular weight excluding hydrogens is 234 g/mol. The van der Waals surface area contributed by atoms with Gasteiger partial charge < -0.3 is 15.2 Å². The van der Waals surface area contributed by atoms with Gasteiger partial charge in [-0.3, -0.25) is 4.79 Å². The third-order valence-corrected chi connectivity index (χ3v) is 1.92. The summed E-state index contributed by atoms with van der Waals surface area (Å²) >= 11 is 0. The van der Waals surface area contributed by atoms with E-state index < -0.39 is 17.7 Å². The number of alkyl carbamates (subject to hydrolysis) is 1. The maximum atomic E-state index is 11.3. The fourth-order valence-electron chi connectivity index (χ4n) is 1.19. The van der Waals surface area contributed by atoms with E-state index in [-0.39, 0.29) is 6.42 Å². The number of allylic oxidation sites excluding steroid dienone is 1. The van der Waals surface area contributed by atoms with Crippen LogP contribution in [0.5, 0.6) is 0 Å². The SMILES string of the molecule is CC(C)(C)OC(=O)NCCCCC=CCC(=O)O. The first-order valence-corrected chi connectivity index (χ1v) is 6.15. The summed E-state index contributed by atoms with van der Waals surface area (Å²) in [7, 11) is 0. The highest BCUT2D eigenvalue weighted by atomic mass is 16.6. The van der Waals surface area contributed by atoms with Crippen LogP contribution in [0.4, 0.5) is 4.79 Å². The highest BCUT2D eigenvalue weighted by molar-refractivity contribution is 5.68. The Morgan fingerprint density at radius 1 is 1.22 bits per heavy atom. The maximum Gasteiger partial charge on any atom is 0.407 e. The van der Waals surface area contributed by atoms with Crippen LogP contribution < -0.4 is 5.32 Å². The van der Waals surface area contributed by atoms with E-state index in [1.165, 1.54) is 0 Å². The Kier molecular flexibility index (Phi) is 7.83. The molecule has 0 aliphatic heterocycles. The summed E-state index contributed by atoms with van der Waals surface area (Å²) < 4.78 is 5.08. The molecule has 5 nitrogen and oxygen atoms in total. The molecule has 0 saturated heterocycles. The van der Waals surface area contributed by atoms with E-state index in [9.17, 15) is 9.59 Å². The van der Waals surface area contributed by atoms with Gasteiger partial charge in [0.1, 0.15) is 5.60 Å². The number of carbonyl (C=O) groups excluding carboxylic acids is 1. The predicted molar refractivity (Wildman–Crippen MR) is 69.5 cm³/mol. The summed E-state index contributed by atoms with van der Waals surface area (Å²) in [6.07, 6.45) is 5.73. The van der Waals surface area contributed by atoms with Crippen molar-refractivity contribution >= 4 is 12.1 Å². The van der Waals surface area contributed by atoms with Gasteiger partial charge in [-0.25, -0.2) is 4.79 Å². The maximum absolute atomic E-state index is 11.3. The number of rotatable bonds is 7. The molecule has 1 amide bonds. The van der Waals surface area contributed by atoms with E-state index >= 15 is 0 Å². The minimum absolute atomic E-state index is 0.0656. The molecule has 2 N–H and O–H groups in total. The van der Waals surface area contributed by atoms with Gasteiger partial charge in [0.15, 0.2) is 0 Å². The zero-order chi connectivity index (χ0) is 14.0. The van der Waals surface area contributed by atoms with E-state index in [1.54, 1.807) is 6.08 Å². The van der Waals surface area contributed by atoms with Crippen LogP contribution in [-0.4, -0.2) is 29.3 Å². The summed E-state index contributed by atoms with van der Waals surface area (Å²) in [6, 6.07) is 0. The Bertz CT molecular complexity index is 292. The lowest BCUT2D eigenvalue weighted by molar-refractivity contribution is -0.136. The van der Waals surface area contributed by atoms with Crippen LogP contribution >= 0.6 is 0 Å². The minimum Gasteiger partial charge on any atom is -0.481 e. The van der Waals surface area contributed by atoms with Gasteiger partial charge in [0.05, 0.1) is 6.42 Å². The van der Waals surface area contributed by atoms with E-state index in [0.717, 1.165) is 19.3 Å². The second-order valence-corrected chi connectivity index (χ2v) is 4.99. The average Bonchev–Trinajstić information content (AvgIpc) is 2.18. The topological polar surface area (TPSA) is 75.6 Å². The van der Waals surface area contributed by atoms with Crippen LogP contribution in [-0.2, 0) is 9.53 Å². The number of ether oxygens (including phenoxy) is 1. The van der Waals surface area contributed by atoms with Crippen molar-refractivity contribution in [2.45, 2.75) is 52.1 Å². The number of amides is 1. The van der Waals surface area contributed by atoms with Gasteiger partial charge in [0.25, 0.3) is 0 Å². The minimum atomic E-state index is -0.821. The first-order valence-electron chi connectivity index (χ1n) is 6.15. The standard InChI is InChI=1S/C13H23NO4/c1-13(2,3)18-12(17)14-10-8-6-4-5-7-9-11(15)16/h5,7H,4,6,8-10H2,1-3H3,(H,14,17)(H,15,16). The lowest BCUT2D eigenvalue weighted by Crippen LogP contribution is -2.32. The lowest BCUT2D eigenvalue weighted by atomic mass is 10.2. The highest BCUT2D eigenvalue weighted by Crippen LogP contribution is 2.06. The van der Waals surface area contributed by atoms with Gasteiger partial charge >= 0.3 is 12.1 Å². The zero-order valence-corrected chi connectivity index (χ0v) is 11.4. The molecule has 0 unspecified atom stereocenters. The molecule has 0 spiro atoms. The molecule has 0 aromatic rings. The van der Waals surface area contributed by atoms with Crippen molar-refractivity contribution in [3.8, 4) is 0 Å². The molecule has 0 aromatic heterocycles. The van der Waals surface area contributed by atoms with Crippen molar-refractivity contribution in [2.24, 2.45) is 0 Å². The van der Waals surface area contributed by atoms with E-state index in [1.807, 2.05) is 26.8 Å². The van der Waals surface area contributed by atoms with Gasteiger partial charge in [-0.1, -0.05) is 12.2 Å². The highest BCUT2D eigenvalue weighted by Gasteiger charge is 2.15. The average molecular weight is 257 g/mol. The normalized spacial score (nSPS) is 11.5. The Hall–Kier alpha value is -1.52. The molecule has 0 bridgehead atoms. The second-order valence-electron chi connectivity index (χ2n) is 4.99. The third kappa shape index (κ3) is 12.5. The second kappa shape index (κ2) is 8.55. The molecule has 18 heavy (non-hydrogen) atoms. The van der Waals surface area contributed by atoms with Crippen molar-refractivity contribution in [3.05, 3.63) is 12.2 Å². The number of hydrogen-bond acceptors (Lipinski definition) is 3. The van der Waals surface area contributed by atoms with Crippen molar-refractivity contribution in [1.82, 2.24) is 5.32 Å². The first-order chi connectivity index (χ1) is 8.31. The Morgan fingerprint density at radius 3 is 2.44 bits per heavy atom. The fourth-order valence-corrected chi connectivity index (χ4v) is 1.19. The quantitative estimate of drug-likeness (QED) is 0.543. The summed E-state index contributed by atoms with van der Waals surface area (Å²) in [5.41, 5.74) is -0.469. The van der Waals surface area contributed by atoms with Crippen LogP contribution in [0.25, 0.3) is 0 Å². The molecule has 0 aliphatic carbocycles. The molecule has 104 valence electrons. The monoisotopic (exact) mass is 257 g/mol. The first kappa shape index (κ1) is 16.5. The summed E-state index contributed by atoms with van der Waals surface area (Å²) in [5, 5.41) is 11.1. The van der Waals surface area contributed by atoms with Crippen molar-refractivity contribution in [2.75, 3.05) is 6.54 Å². The number of carboxylic acid groups (broad SMARTS) is 1. The smallest absolute Gasteiger partial charge is 0.407 e. The van der Waals surface area contributed by atoms with Gasteiger partial charge in [-0.2, -0.15) is 0 Å². The number of hydrogen-bond donors (Lipinski definition) is 2. The largest absolute Gasteiger partial charge is 0.481 e. The molecule has 0 fully saturated rings. The van der Waals surface area contributed by atoms with E-state index in [2.05, 4.69) is 5.32 Å². The van der Waals surface area contributed by atoms with Crippen LogP contribution in [0.2, 0.25) is 0 Å². The number of carboxylic acids is 1. The van der Waals surface area contributed by atoms with E-state index in [4.69, 9.17) is 9.84 Å². The van der Waals surface area contributed by atoms with Crippen molar-refractivity contribution in [3.63, 3.8) is 0 Å². The van der Waals surface area contributed by atoms with Crippen molar-refractivity contribution in [1.29, 1.82) is 0 Å². The molecule has 0 radical (unpaired) electrons. The van der Waals surface area contributed by atoms with Crippen molar-refractivity contribution < 1.29 is 19.4 Å². The molecule has 0 heterocycles. The van der Waals surface area contributed by atoms with Gasteiger partial charge in [-0.15, -0.1) is 0 Å². The Balaban J connectivity index is 3.43. The van der Waals surface area contributed by atoms with E-state index in [0.29, 0.717) is 6.54 Å². The molecule has 0 rings (SSSR count). The van der Waals surface area contributed by atoms with Gasteiger partial charge in [0.2, 0.25) is 0 Å². The molecule has 0 saturated carbocycles. The fraction of sp³-hybridized carbons (Fsp3) is 0.692. The molecule has 5 heteroatoms. The summed E-state index contributed by atoms with van der Waals surface area (Å²) in [5.74, 6) is -0.821. The number of aliphatic carboxylic acids is 1. The summed E-state index contributed by atoms with van der Waals surface area (Å²) in [4.78, 5) is 21.5. The summed E-state index contributed by atoms with van der Waals surface area (Å²) in [6.45, 7) is 6.03. The predicted octanol–water partition coefficient (Wildman–Crippen LogP) is 2.71. The van der Waals surface area contributed by atoms with Crippen LogP contribution in [0.1, 0.15) is 46.5 Å². The van der Waals surface area contributed by atoms with Crippen LogP contribution in [0.3, 0.4) is 0 Å². The number of nitrogens with one attached hydrogen (secondary N) is 1. The molecule has 0 aliphatic rings. The molecular formula is C13H23NO4. The molecule has 0 aromatic carbocycles. The van der Waals surface area contributed by atoms with Crippen LogP contribution in [0.15, 0.2) is 12.2 Å². The third-order valence-electron chi connectivity index (χ3n) is 1.92. The Labute approximate surface area is 108 Å². The Morgan fingerprint density at radius 2 is 1.89 bits per heavy atom. The van der Waals surface area contributed by atoms with Crippen LogP contribution in [0, 0.1) is 0 Å².